The van der Waals surface area contributed by atoms with Crippen LogP contribution in [0, 0.1) is 0 Å². The van der Waals surface area contributed by atoms with Crippen LogP contribution in [0.1, 0.15) is 43.7 Å². The van der Waals surface area contributed by atoms with Gasteiger partial charge in [-0.2, -0.15) is 0 Å². The minimum atomic E-state index is 0.420. The zero-order valence-electron chi connectivity index (χ0n) is 10.5. The van der Waals surface area contributed by atoms with Crippen molar-refractivity contribution in [3.8, 4) is 0 Å². The van der Waals surface area contributed by atoms with Gasteiger partial charge in [-0.15, -0.1) is 11.3 Å². The lowest BCUT2D eigenvalue weighted by molar-refractivity contribution is 0.100. The molecule has 3 rings (SSSR count). The van der Waals surface area contributed by atoms with Crippen molar-refractivity contribution in [3.63, 3.8) is 0 Å². The molecular formula is C13H21N3S. The minimum Gasteiger partial charge on any atom is -0.309 e. The average Bonchev–Trinajstić information content (AvgIpc) is 3.00. The number of nitrogens with zero attached hydrogens (tertiary/aromatic N) is 2. The van der Waals surface area contributed by atoms with E-state index in [2.05, 4.69) is 27.5 Å². The van der Waals surface area contributed by atoms with Gasteiger partial charge in [0, 0.05) is 36.8 Å². The first-order chi connectivity index (χ1) is 8.29. The Hall–Kier alpha value is -0.450. The summed E-state index contributed by atoms with van der Waals surface area (Å²) in [6.07, 6.45) is 7.42. The lowest BCUT2D eigenvalue weighted by Gasteiger charge is -2.43. The maximum Gasteiger partial charge on any atom is 0.109 e. The fraction of sp³-hybridized carbons (Fsp3) is 0.769. The zero-order valence-corrected chi connectivity index (χ0v) is 11.3. The molecule has 2 fully saturated rings. The normalized spacial score (nSPS) is 26.4. The summed E-state index contributed by atoms with van der Waals surface area (Å²) in [7, 11) is 0. The largest absolute Gasteiger partial charge is 0.309 e. The molecule has 1 unspecified atom stereocenters. The van der Waals surface area contributed by atoms with Gasteiger partial charge in [0.25, 0.3) is 0 Å². The van der Waals surface area contributed by atoms with Crippen LogP contribution in [0.15, 0.2) is 11.6 Å². The molecule has 1 spiro atoms. The Kier molecular flexibility index (Phi) is 3.19. The van der Waals surface area contributed by atoms with E-state index in [0.29, 0.717) is 11.6 Å². The van der Waals surface area contributed by atoms with Crippen LogP contribution in [0.5, 0.6) is 0 Å². The third-order valence-electron chi connectivity index (χ3n) is 4.32. The fourth-order valence-corrected chi connectivity index (χ4v) is 4.03. The molecule has 1 atom stereocenters. The molecule has 2 heterocycles. The third-order valence-corrected chi connectivity index (χ3v) is 5.27. The van der Waals surface area contributed by atoms with Gasteiger partial charge in [-0.1, -0.05) is 12.8 Å². The minimum absolute atomic E-state index is 0.420. The van der Waals surface area contributed by atoms with E-state index in [1.54, 1.807) is 11.3 Å². The molecule has 1 aromatic heterocycles. The van der Waals surface area contributed by atoms with E-state index in [9.17, 15) is 0 Å². The monoisotopic (exact) mass is 251 g/mol. The van der Waals surface area contributed by atoms with Gasteiger partial charge in [-0.25, -0.2) is 4.98 Å². The highest BCUT2D eigenvalue weighted by molar-refractivity contribution is 7.09. The SMILES string of the molecule is CC(c1nccs1)N1CCNC2(CCCC2)C1. The molecule has 17 heavy (non-hydrogen) atoms. The lowest BCUT2D eigenvalue weighted by atomic mass is 9.94. The summed E-state index contributed by atoms with van der Waals surface area (Å²) < 4.78 is 0. The van der Waals surface area contributed by atoms with Crippen molar-refractivity contribution >= 4 is 11.3 Å². The Balaban J connectivity index is 1.71. The number of thiazole rings is 1. The maximum absolute atomic E-state index is 4.46. The molecule has 0 bridgehead atoms. The summed E-state index contributed by atoms with van der Waals surface area (Å²) in [5.41, 5.74) is 0.420. The van der Waals surface area contributed by atoms with Crippen LogP contribution < -0.4 is 5.32 Å². The third kappa shape index (κ3) is 2.26. The number of piperazine rings is 1. The molecule has 1 aliphatic carbocycles. The van der Waals surface area contributed by atoms with Crippen molar-refractivity contribution in [2.45, 2.75) is 44.2 Å². The van der Waals surface area contributed by atoms with Gasteiger partial charge in [-0.05, 0) is 19.8 Å². The summed E-state index contributed by atoms with van der Waals surface area (Å²) in [5.74, 6) is 0. The standard InChI is InChI=1S/C13H21N3S/c1-11(12-14-7-9-17-12)16-8-6-15-13(10-16)4-2-3-5-13/h7,9,11,15H,2-6,8,10H2,1H3. The molecular weight excluding hydrogens is 230 g/mol. The second-order valence-electron chi connectivity index (χ2n) is 5.43. The van der Waals surface area contributed by atoms with Crippen LogP contribution >= 0.6 is 11.3 Å². The van der Waals surface area contributed by atoms with Crippen molar-refractivity contribution in [3.05, 3.63) is 16.6 Å². The topological polar surface area (TPSA) is 28.2 Å². The molecule has 1 aromatic rings. The number of aromatic nitrogens is 1. The first-order valence-electron chi connectivity index (χ1n) is 6.68. The molecule has 0 aromatic carbocycles. The molecule has 1 aliphatic heterocycles. The molecule has 1 saturated heterocycles. The summed E-state index contributed by atoms with van der Waals surface area (Å²) in [5, 5.41) is 7.11. The highest BCUT2D eigenvalue weighted by Gasteiger charge is 2.39. The van der Waals surface area contributed by atoms with Crippen molar-refractivity contribution < 1.29 is 0 Å². The van der Waals surface area contributed by atoms with E-state index in [1.807, 2.05) is 6.20 Å². The molecule has 2 aliphatic rings. The Bertz CT molecular complexity index is 357. The summed E-state index contributed by atoms with van der Waals surface area (Å²) in [4.78, 5) is 7.07. The molecule has 1 N–H and O–H groups in total. The molecule has 0 radical (unpaired) electrons. The quantitative estimate of drug-likeness (QED) is 0.875. The van der Waals surface area contributed by atoms with Gasteiger partial charge in [0.1, 0.15) is 5.01 Å². The highest BCUT2D eigenvalue weighted by atomic mass is 32.1. The summed E-state index contributed by atoms with van der Waals surface area (Å²) in [6, 6.07) is 0.481. The molecule has 94 valence electrons. The fourth-order valence-electron chi connectivity index (χ4n) is 3.30. The van der Waals surface area contributed by atoms with Crippen LogP contribution in [0.25, 0.3) is 0 Å². The summed E-state index contributed by atoms with van der Waals surface area (Å²) >= 11 is 1.78. The van der Waals surface area contributed by atoms with Gasteiger partial charge >= 0.3 is 0 Å². The van der Waals surface area contributed by atoms with Gasteiger partial charge < -0.3 is 5.32 Å². The Morgan fingerprint density at radius 2 is 2.29 bits per heavy atom. The first-order valence-corrected chi connectivity index (χ1v) is 7.56. The van der Waals surface area contributed by atoms with Crippen molar-refractivity contribution in [1.82, 2.24) is 15.2 Å². The van der Waals surface area contributed by atoms with Crippen LogP contribution in [-0.2, 0) is 0 Å². The second kappa shape index (κ2) is 4.67. The smallest absolute Gasteiger partial charge is 0.109 e. The average molecular weight is 251 g/mol. The molecule has 3 nitrogen and oxygen atoms in total. The predicted molar refractivity (Wildman–Crippen MR) is 71.3 cm³/mol. The Morgan fingerprint density at radius 3 is 3.00 bits per heavy atom. The van der Waals surface area contributed by atoms with Crippen LogP contribution in [-0.4, -0.2) is 35.1 Å². The lowest BCUT2D eigenvalue weighted by Crippen LogP contribution is -2.59. The molecule has 4 heteroatoms. The summed E-state index contributed by atoms with van der Waals surface area (Å²) in [6.45, 7) is 5.79. The predicted octanol–water partition coefficient (Wildman–Crippen LogP) is 2.42. The Labute approximate surface area is 107 Å². The molecule has 1 saturated carbocycles. The van der Waals surface area contributed by atoms with Gasteiger partial charge in [0.2, 0.25) is 0 Å². The zero-order chi connectivity index (χ0) is 11.7. The van der Waals surface area contributed by atoms with E-state index < -0.39 is 0 Å². The maximum atomic E-state index is 4.46. The van der Waals surface area contributed by atoms with Crippen LogP contribution in [0.3, 0.4) is 0 Å². The van der Waals surface area contributed by atoms with E-state index in [-0.39, 0.29) is 0 Å². The van der Waals surface area contributed by atoms with Crippen LogP contribution in [0.4, 0.5) is 0 Å². The van der Waals surface area contributed by atoms with Crippen molar-refractivity contribution in [1.29, 1.82) is 0 Å². The number of hydrogen-bond acceptors (Lipinski definition) is 4. The van der Waals surface area contributed by atoms with E-state index in [4.69, 9.17) is 0 Å². The number of rotatable bonds is 2. The second-order valence-corrected chi connectivity index (χ2v) is 6.36. The molecule has 0 amide bonds. The number of hydrogen-bond donors (Lipinski definition) is 1. The first kappa shape index (κ1) is 11.6. The number of nitrogens with one attached hydrogen (secondary N) is 1. The highest BCUT2D eigenvalue weighted by Crippen LogP contribution is 2.34. The van der Waals surface area contributed by atoms with E-state index >= 15 is 0 Å². The van der Waals surface area contributed by atoms with E-state index in [0.717, 1.165) is 13.1 Å². The Morgan fingerprint density at radius 1 is 1.47 bits per heavy atom. The van der Waals surface area contributed by atoms with E-state index in [1.165, 1.54) is 37.2 Å². The van der Waals surface area contributed by atoms with Crippen molar-refractivity contribution in [2.24, 2.45) is 0 Å². The van der Waals surface area contributed by atoms with Crippen LogP contribution in [0.2, 0.25) is 0 Å². The van der Waals surface area contributed by atoms with Gasteiger partial charge in [-0.3, -0.25) is 4.90 Å². The van der Waals surface area contributed by atoms with Crippen molar-refractivity contribution in [2.75, 3.05) is 19.6 Å². The van der Waals surface area contributed by atoms with Gasteiger partial charge in [0.05, 0.1) is 6.04 Å². The van der Waals surface area contributed by atoms with Gasteiger partial charge in [0.15, 0.2) is 0 Å².